The second-order valence-electron chi connectivity index (χ2n) is 5.76. The van der Waals surface area contributed by atoms with Crippen LogP contribution in [0.15, 0.2) is 24.3 Å². The standard InChI is InChI=1S/C17H18ClNO7/c1-4-25-16(23)15(22)14-13(11-5-7-12(18)8-6-11)17(9(2)20,10(3)21)26-19(14)24/h5-8,13,15,22H,4H2,1-3H3/t13-,15-/m1/s1. The Hall–Kier alpha value is -2.45. The maximum Gasteiger partial charge on any atom is 0.346 e. The summed E-state index contributed by atoms with van der Waals surface area (Å²) in [7, 11) is 0. The third kappa shape index (κ3) is 3.17. The van der Waals surface area contributed by atoms with Gasteiger partial charge in [-0.15, -0.1) is 0 Å². The number of ketones is 2. The Morgan fingerprint density at radius 3 is 2.31 bits per heavy atom. The van der Waals surface area contributed by atoms with E-state index in [1.165, 1.54) is 31.2 Å². The molecule has 0 fully saturated rings. The molecule has 8 nitrogen and oxygen atoms in total. The quantitative estimate of drug-likeness (QED) is 0.445. The number of carbonyl (C=O) groups excluding carboxylic acids is 3. The summed E-state index contributed by atoms with van der Waals surface area (Å²) in [5.41, 5.74) is -2.40. The van der Waals surface area contributed by atoms with Gasteiger partial charge in [0.15, 0.2) is 11.6 Å². The number of esters is 1. The maximum atomic E-state index is 12.4. The van der Waals surface area contributed by atoms with Gasteiger partial charge in [0.1, 0.15) is 5.92 Å². The normalized spacial score (nSPS) is 19.7. The lowest BCUT2D eigenvalue weighted by molar-refractivity contribution is -0.744. The monoisotopic (exact) mass is 383 g/mol. The number of ether oxygens (including phenoxy) is 1. The number of aliphatic hydroxyl groups excluding tert-OH is 1. The van der Waals surface area contributed by atoms with Gasteiger partial charge < -0.3 is 14.7 Å². The highest BCUT2D eigenvalue weighted by atomic mass is 35.5. The molecule has 0 aromatic heterocycles. The van der Waals surface area contributed by atoms with Crippen LogP contribution in [-0.4, -0.2) is 51.6 Å². The van der Waals surface area contributed by atoms with Crippen LogP contribution in [-0.2, 0) is 24.0 Å². The molecular weight excluding hydrogens is 366 g/mol. The van der Waals surface area contributed by atoms with Crippen LogP contribution in [0.2, 0.25) is 5.02 Å². The van der Waals surface area contributed by atoms with Crippen LogP contribution >= 0.6 is 11.6 Å². The average Bonchev–Trinajstić information content (AvgIpc) is 2.89. The molecule has 1 aromatic carbocycles. The predicted octanol–water partition coefficient (Wildman–Crippen LogP) is 1.16. The Labute approximate surface area is 154 Å². The van der Waals surface area contributed by atoms with E-state index in [2.05, 4.69) is 0 Å². The molecular formula is C17H18ClNO7. The highest BCUT2D eigenvalue weighted by Gasteiger charge is 2.62. The zero-order valence-electron chi connectivity index (χ0n) is 14.4. The van der Waals surface area contributed by atoms with Gasteiger partial charge in [0.2, 0.25) is 11.7 Å². The zero-order chi connectivity index (χ0) is 19.6. The largest absolute Gasteiger partial charge is 0.464 e. The topological polar surface area (TPSA) is 116 Å². The molecule has 1 heterocycles. The van der Waals surface area contributed by atoms with Crippen molar-refractivity contribution in [2.24, 2.45) is 0 Å². The van der Waals surface area contributed by atoms with E-state index in [0.29, 0.717) is 10.6 Å². The molecule has 0 unspecified atom stereocenters. The minimum atomic E-state index is -2.20. The minimum absolute atomic E-state index is 0.0287. The van der Waals surface area contributed by atoms with Crippen LogP contribution in [0.4, 0.5) is 0 Å². The number of halogens is 1. The molecule has 1 aliphatic rings. The van der Waals surface area contributed by atoms with Gasteiger partial charge in [-0.1, -0.05) is 23.7 Å². The number of aliphatic hydroxyl groups is 1. The first-order valence-corrected chi connectivity index (χ1v) is 8.20. The van der Waals surface area contributed by atoms with Crippen molar-refractivity contribution in [2.45, 2.75) is 38.4 Å². The molecule has 0 radical (unpaired) electrons. The number of hydrogen-bond acceptors (Lipinski definition) is 7. The molecule has 26 heavy (non-hydrogen) atoms. The van der Waals surface area contributed by atoms with Gasteiger partial charge in [0.05, 0.1) is 6.61 Å². The Morgan fingerprint density at radius 1 is 1.31 bits per heavy atom. The summed E-state index contributed by atoms with van der Waals surface area (Å²) in [6, 6.07) is 5.94. The van der Waals surface area contributed by atoms with Gasteiger partial charge in [-0.05, 0) is 38.5 Å². The Bertz CT molecular complexity index is 758. The summed E-state index contributed by atoms with van der Waals surface area (Å²) in [5, 5.41) is 23.1. The van der Waals surface area contributed by atoms with Crippen LogP contribution in [0.3, 0.4) is 0 Å². The lowest BCUT2D eigenvalue weighted by Crippen LogP contribution is -2.52. The lowest BCUT2D eigenvalue weighted by atomic mass is 9.73. The molecule has 0 aliphatic carbocycles. The first-order valence-electron chi connectivity index (χ1n) is 7.82. The number of rotatable bonds is 6. The van der Waals surface area contributed by atoms with E-state index in [0.717, 1.165) is 13.8 Å². The van der Waals surface area contributed by atoms with Gasteiger partial charge in [-0.25, -0.2) is 4.79 Å². The predicted molar refractivity (Wildman–Crippen MR) is 90.6 cm³/mol. The molecule has 2 atom stereocenters. The van der Waals surface area contributed by atoms with E-state index < -0.39 is 40.9 Å². The van der Waals surface area contributed by atoms with Gasteiger partial charge in [0.25, 0.3) is 5.71 Å². The molecule has 2 rings (SSSR count). The molecule has 140 valence electrons. The SMILES string of the molecule is CCOC(=O)[C@H](O)C1=[N+]([O-])OC(C(C)=O)(C(C)=O)[C@@H]1c1ccc(Cl)cc1. The molecule has 1 aromatic rings. The van der Waals surface area contributed by atoms with Crippen LogP contribution in [0.25, 0.3) is 0 Å². The van der Waals surface area contributed by atoms with Crippen molar-refractivity contribution in [3.63, 3.8) is 0 Å². The first-order chi connectivity index (χ1) is 12.2. The highest BCUT2D eigenvalue weighted by molar-refractivity contribution is 6.30. The Kier molecular flexibility index (Phi) is 5.68. The molecule has 0 saturated heterocycles. The summed E-state index contributed by atoms with van der Waals surface area (Å²) >= 11 is 5.87. The van der Waals surface area contributed by atoms with E-state index in [1.807, 2.05) is 0 Å². The van der Waals surface area contributed by atoms with Crippen LogP contribution in [0.5, 0.6) is 0 Å². The van der Waals surface area contributed by atoms with Gasteiger partial charge in [-0.3, -0.25) is 14.8 Å². The van der Waals surface area contributed by atoms with Crippen molar-refractivity contribution in [2.75, 3.05) is 6.61 Å². The average molecular weight is 384 g/mol. The molecule has 9 heteroatoms. The summed E-state index contributed by atoms with van der Waals surface area (Å²) in [6.45, 7) is 3.69. The van der Waals surface area contributed by atoms with Crippen LogP contribution < -0.4 is 0 Å². The highest BCUT2D eigenvalue weighted by Crippen LogP contribution is 2.41. The van der Waals surface area contributed by atoms with Crippen molar-refractivity contribution in [1.29, 1.82) is 0 Å². The lowest BCUT2D eigenvalue weighted by Gasteiger charge is -2.30. The number of carbonyl (C=O) groups is 3. The third-order valence-corrected chi connectivity index (χ3v) is 4.43. The van der Waals surface area contributed by atoms with Gasteiger partial charge in [0, 0.05) is 9.92 Å². The number of Topliss-reactive ketones (excluding diaryl/α,β-unsaturated/α-hetero) is 2. The van der Waals surface area contributed by atoms with E-state index in [9.17, 15) is 24.7 Å². The van der Waals surface area contributed by atoms with Crippen LogP contribution in [0.1, 0.15) is 32.3 Å². The second-order valence-corrected chi connectivity index (χ2v) is 6.20. The summed E-state index contributed by atoms with van der Waals surface area (Å²) in [6.07, 6.45) is -2.01. The zero-order valence-corrected chi connectivity index (χ0v) is 15.1. The molecule has 0 saturated carbocycles. The van der Waals surface area contributed by atoms with E-state index >= 15 is 0 Å². The van der Waals surface area contributed by atoms with Crippen molar-refractivity contribution in [3.05, 3.63) is 40.1 Å². The van der Waals surface area contributed by atoms with E-state index in [-0.39, 0.29) is 11.5 Å². The fourth-order valence-corrected chi connectivity index (χ4v) is 3.12. The fourth-order valence-electron chi connectivity index (χ4n) is 2.99. The smallest absolute Gasteiger partial charge is 0.346 e. The minimum Gasteiger partial charge on any atom is -0.464 e. The number of nitrogens with zero attached hydrogens (tertiary/aromatic N) is 1. The van der Waals surface area contributed by atoms with Crippen molar-refractivity contribution >= 4 is 34.8 Å². The van der Waals surface area contributed by atoms with E-state index in [4.69, 9.17) is 21.2 Å². The van der Waals surface area contributed by atoms with Crippen molar-refractivity contribution in [3.8, 4) is 0 Å². The second kappa shape index (κ2) is 7.43. The third-order valence-electron chi connectivity index (χ3n) is 4.18. The Balaban J connectivity index is 2.67. The summed E-state index contributed by atoms with van der Waals surface area (Å²) in [4.78, 5) is 41.5. The molecule has 0 spiro atoms. The molecule has 1 N–H and O–H groups in total. The summed E-state index contributed by atoms with van der Waals surface area (Å²) < 4.78 is 4.74. The Morgan fingerprint density at radius 2 is 1.85 bits per heavy atom. The van der Waals surface area contributed by atoms with Gasteiger partial charge in [-0.2, -0.15) is 0 Å². The number of benzene rings is 1. The molecule has 0 bridgehead atoms. The molecule has 0 amide bonds. The van der Waals surface area contributed by atoms with Gasteiger partial charge >= 0.3 is 5.97 Å². The number of hydrogen-bond donors (Lipinski definition) is 1. The molecule has 1 aliphatic heterocycles. The van der Waals surface area contributed by atoms with E-state index in [1.54, 1.807) is 0 Å². The first kappa shape index (κ1) is 19.9. The fraction of sp³-hybridized carbons (Fsp3) is 0.412. The maximum absolute atomic E-state index is 12.4. The van der Waals surface area contributed by atoms with Crippen LogP contribution in [0, 0.1) is 5.21 Å². The van der Waals surface area contributed by atoms with Crippen molar-refractivity contribution < 1.29 is 34.0 Å². The summed E-state index contributed by atoms with van der Waals surface area (Å²) in [5.74, 6) is -3.88. The van der Waals surface area contributed by atoms with Crippen molar-refractivity contribution in [1.82, 2.24) is 0 Å².